The SMILES string of the molecule is CI.COC1(c2cccc(C(N)=O)c2)C2CCCC1CN(C1CC3[C@H](C1)C3(F)F)C2. The Labute approximate surface area is 191 Å². The molecule has 3 saturated carbocycles. The number of carbonyl (C=O) groups excluding carboxylic acids is 1. The minimum Gasteiger partial charge on any atom is -0.373 e. The van der Waals surface area contributed by atoms with Crippen LogP contribution >= 0.6 is 22.6 Å². The number of rotatable bonds is 4. The predicted molar refractivity (Wildman–Crippen MR) is 121 cm³/mol. The van der Waals surface area contributed by atoms with Gasteiger partial charge in [0, 0.05) is 55.5 Å². The van der Waals surface area contributed by atoms with Gasteiger partial charge in [0.05, 0.1) is 0 Å². The molecular formula is C23H31F2IN2O2. The second kappa shape index (κ2) is 8.28. The normalized spacial score (nSPS) is 38.9. The van der Waals surface area contributed by atoms with Crippen molar-refractivity contribution in [3.05, 3.63) is 35.4 Å². The van der Waals surface area contributed by atoms with Crippen LogP contribution in [0.25, 0.3) is 0 Å². The Morgan fingerprint density at radius 1 is 1.17 bits per heavy atom. The molecule has 1 saturated heterocycles. The summed E-state index contributed by atoms with van der Waals surface area (Å²) in [6, 6.07) is 7.83. The molecule has 4 unspecified atom stereocenters. The molecule has 0 aromatic heterocycles. The number of carbonyl (C=O) groups is 1. The van der Waals surface area contributed by atoms with E-state index in [2.05, 4.69) is 27.5 Å². The van der Waals surface area contributed by atoms with Gasteiger partial charge < -0.3 is 10.5 Å². The van der Waals surface area contributed by atoms with Crippen molar-refractivity contribution in [3.63, 3.8) is 0 Å². The van der Waals surface area contributed by atoms with Crippen molar-refractivity contribution >= 4 is 28.5 Å². The highest BCUT2D eigenvalue weighted by atomic mass is 127. The maximum Gasteiger partial charge on any atom is 0.254 e. The van der Waals surface area contributed by atoms with Crippen molar-refractivity contribution in [1.29, 1.82) is 0 Å². The molecule has 5 rings (SSSR count). The first-order valence-corrected chi connectivity index (χ1v) is 13.0. The predicted octanol–water partition coefficient (Wildman–Crippen LogP) is 4.45. The van der Waals surface area contributed by atoms with E-state index >= 15 is 0 Å². The average molecular weight is 532 g/mol. The number of halogens is 3. The van der Waals surface area contributed by atoms with Crippen molar-refractivity contribution in [2.75, 3.05) is 25.1 Å². The lowest BCUT2D eigenvalue weighted by Gasteiger charge is -2.56. The van der Waals surface area contributed by atoms with Gasteiger partial charge >= 0.3 is 0 Å². The summed E-state index contributed by atoms with van der Waals surface area (Å²) in [6.07, 6.45) is 4.54. The summed E-state index contributed by atoms with van der Waals surface area (Å²) in [5.74, 6) is -3.02. The first-order valence-electron chi connectivity index (χ1n) is 10.8. The van der Waals surface area contributed by atoms with E-state index in [1.807, 2.05) is 23.1 Å². The van der Waals surface area contributed by atoms with Crippen LogP contribution in [-0.2, 0) is 10.3 Å². The molecule has 1 heterocycles. The number of piperidine rings is 1. The Hall–Kier alpha value is -0.800. The number of likely N-dealkylation sites (tertiary alicyclic amines) is 1. The molecule has 5 atom stereocenters. The molecule has 166 valence electrons. The molecule has 4 fully saturated rings. The maximum atomic E-state index is 13.6. The third-order valence-corrected chi connectivity index (χ3v) is 8.10. The van der Waals surface area contributed by atoms with E-state index < -0.39 is 29.3 Å². The van der Waals surface area contributed by atoms with E-state index in [-0.39, 0.29) is 6.04 Å². The molecule has 2 bridgehead atoms. The first kappa shape index (κ1) is 22.4. The topological polar surface area (TPSA) is 55.6 Å². The monoisotopic (exact) mass is 532 g/mol. The van der Waals surface area contributed by atoms with Crippen LogP contribution in [0.3, 0.4) is 0 Å². The number of nitrogens with two attached hydrogens (primary N) is 1. The summed E-state index contributed by atoms with van der Waals surface area (Å²) < 4.78 is 33.5. The summed E-state index contributed by atoms with van der Waals surface area (Å²) in [4.78, 5) is 16.1. The zero-order valence-electron chi connectivity index (χ0n) is 17.6. The lowest BCUT2D eigenvalue weighted by atomic mass is 9.62. The molecule has 3 aliphatic carbocycles. The number of benzene rings is 1. The summed E-state index contributed by atoms with van der Waals surface area (Å²) in [7, 11) is 1.77. The summed E-state index contributed by atoms with van der Waals surface area (Å²) in [5.41, 5.74) is 6.62. The fourth-order valence-electron chi connectivity index (χ4n) is 6.69. The van der Waals surface area contributed by atoms with Gasteiger partial charge in [-0.05, 0) is 48.3 Å². The molecule has 1 aromatic carbocycles. The standard InChI is InChI=1S/C22H28F2N2O2.CH3I/c1-28-21(14-5-2-4-13(8-14)20(25)27)15-6-3-7-16(21)12-26(11-15)17-9-18-19(10-17)22(18,23)24;1-2/h2,4-5,8,15-19H,3,6-7,9-12H2,1H3,(H2,25,27);1H3/t15?,16?,17?,18-,19?,21?;/m0./s1. The number of methoxy groups -OCH3 is 1. The van der Waals surface area contributed by atoms with Gasteiger partial charge in [-0.15, -0.1) is 0 Å². The van der Waals surface area contributed by atoms with Crippen LogP contribution in [0.4, 0.5) is 8.78 Å². The molecule has 0 radical (unpaired) electrons. The Morgan fingerprint density at radius 3 is 2.30 bits per heavy atom. The smallest absolute Gasteiger partial charge is 0.254 e. The van der Waals surface area contributed by atoms with Gasteiger partial charge in [0.2, 0.25) is 5.91 Å². The molecular weight excluding hydrogens is 501 g/mol. The Morgan fingerprint density at radius 2 is 1.77 bits per heavy atom. The number of alkyl halides is 3. The Balaban J connectivity index is 0.00000106. The first-order chi connectivity index (χ1) is 14.4. The molecule has 1 aromatic rings. The Kier molecular flexibility index (Phi) is 6.18. The quantitative estimate of drug-likeness (QED) is 0.461. The van der Waals surface area contributed by atoms with Crippen LogP contribution in [0.15, 0.2) is 24.3 Å². The number of hydrogen-bond donors (Lipinski definition) is 1. The highest BCUT2D eigenvalue weighted by Gasteiger charge is 2.72. The summed E-state index contributed by atoms with van der Waals surface area (Å²) >= 11 is 2.15. The van der Waals surface area contributed by atoms with E-state index in [4.69, 9.17) is 10.5 Å². The minimum atomic E-state index is -2.41. The van der Waals surface area contributed by atoms with E-state index in [0.717, 1.165) is 37.9 Å². The molecule has 30 heavy (non-hydrogen) atoms. The molecule has 2 N–H and O–H groups in total. The second-order valence-corrected chi connectivity index (χ2v) is 9.23. The number of hydrogen-bond acceptors (Lipinski definition) is 3. The van der Waals surface area contributed by atoms with Crippen molar-refractivity contribution in [1.82, 2.24) is 4.90 Å². The third-order valence-electron chi connectivity index (χ3n) is 8.10. The van der Waals surface area contributed by atoms with Gasteiger partial charge in [-0.1, -0.05) is 41.1 Å². The largest absolute Gasteiger partial charge is 0.373 e. The molecule has 1 aliphatic heterocycles. The van der Waals surface area contributed by atoms with E-state index in [0.29, 0.717) is 30.2 Å². The highest BCUT2D eigenvalue weighted by Crippen LogP contribution is 2.65. The average Bonchev–Trinajstić information content (AvgIpc) is 3.09. The van der Waals surface area contributed by atoms with Crippen LogP contribution in [-0.4, -0.2) is 47.9 Å². The minimum absolute atomic E-state index is 0.282. The molecule has 0 spiro atoms. The van der Waals surface area contributed by atoms with Crippen molar-refractivity contribution in [2.45, 2.75) is 49.7 Å². The van der Waals surface area contributed by atoms with Gasteiger partial charge in [-0.2, -0.15) is 0 Å². The fraction of sp³-hybridized carbons (Fsp3) is 0.696. The number of amides is 1. The molecule has 7 heteroatoms. The molecule has 4 nitrogen and oxygen atoms in total. The summed E-state index contributed by atoms with van der Waals surface area (Å²) in [6.45, 7) is 1.75. The van der Waals surface area contributed by atoms with Crippen molar-refractivity contribution in [3.8, 4) is 0 Å². The molecule has 4 aliphatic rings. The Bertz CT molecular complexity index is 777. The van der Waals surface area contributed by atoms with Crippen LogP contribution in [0.5, 0.6) is 0 Å². The van der Waals surface area contributed by atoms with Gasteiger partial charge in [-0.3, -0.25) is 9.69 Å². The van der Waals surface area contributed by atoms with Crippen LogP contribution < -0.4 is 5.73 Å². The molecule has 1 amide bonds. The fourth-order valence-corrected chi connectivity index (χ4v) is 6.69. The number of nitrogens with zero attached hydrogens (tertiary/aromatic N) is 1. The van der Waals surface area contributed by atoms with E-state index in [1.54, 1.807) is 13.2 Å². The van der Waals surface area contributed by atoms with Gasteiger partial charge in [-0.25, -0.2) is 8.78 Å². The maximum absolute atomic E-state index is 13.6. The van der Waals surface area contributed by atoms with Crippen molar-refractivity contribution in [2.24, 2.45) is 29.4 Å². The van der Waals surface area contributed by atoms with Crippen molar-refractivity contribution < 1.29 is 18.3 Å². The van der Waals surface area contributed by atoms with Gasteiger partial charge in [0.15, 0.2) is 0 Å². The van der Waals surface area contributed by atoms with E-state index in [1.165, 1.54) is 0 Å². The zero-order valence-corrected chi connectivity index (χ0v) is 19.8. The summed E-state index contributed by atoms with van der Waals surface area (Å²) in [5, 5.41) is 0. The zero-order chi connectivity index (χ0) is 21.7. The van der Waals surface area contributed by atoms with Crippen LogP contribution in [0.1, 0.15) is 48.0 Å². The highest BCUT2D eigenvalue weighted by molar-refractivity contribution is 14.1. The van der Waals surface area contributed by atoms with Crippen LogP contribution in [0.2, 0.25) is 0 Å². The number of fused-ring (bicyclic) bond motifs is 3. The third kappa shape index (κ3) is 3.39. The second-order valence-electron chi connectivity index (χ2n) is 9.23. The van der Waals surface area contributed by atoms with E-state index in [9.17, 15) is 13.6 Å². The lowest BCUT2D eigenvalue weighted by molar-refractivity contribution is -0.175. The lowest BCUT2D eigenvalue weighted by Crippen LogP contribution is -2.60. The van der Waals surface area contributed by atoms with Gasteiger partial charge in [0.1, 0.15) is 5.60 Å². The van der Waals surface area contributed by atoms with Gasteiger partial charge in [0.25, 0.3) is 5.92 Å². The van der Waals surface area contributed by atoms with Crippen LogP contribution in [0, 0.1) is 23.7 Å². The number of ether oxygens (including phenoxy) is 1. The number of primary amides is 1.